The van der Waals surface area contributed by atoms with Crippen molar-refractivity contribution in [1.29, 1.82) is 0 Å². The Morgan fingerprint density at radius 3 is 2.63 bits per heavy atom. The van der Waals surface area contributed by atoms with Crippen LogP contribution in [0.5, 0.6) is 0 Å². The van der Waals surface area contributed by atoms with Crippen LogP contribution < -0.4 is 0 Å². The Bertz CT molecular complexity index is 418. The van der Waals surface area contributed by atoms with Crippen LogP contribution in [-0.4, -0.2) is 76.7 Å². The summed E-state index contributed by atoms with van der Waals surface area (Å²) >= 11 is 0.944. The maximum atomic E-state index is 10.7. The number of carboxylic acids is 1. The monoisotopic (exact) mass is 286 g/mol. The standard InChI is InChI=1S/C11H18N4O3S/c1-18-7-6-14-2-4-15(5-3-14)8-9-12-10(11(16)17)19-13-9/h2-8H2,1H3,(H,16,17). The number of hydrogen-bond acceptors (Lipinski definition) is 7. The summed E-state index contributed by atoms with van der Waals surface area (Å²) in [5, 5.41) is 8.86. The van der Waals surface area contributed by atoms with Gasteiger partial charge in [-0.2, -0.15) is 4.37 Å². The lowest BCUT2D eigenvalue weighted by molar-refractivity contribution is 0.0695. The third-order valence-electron chi connectivity index (χ3n) is 3.09. The minimum atomic E-state index is -1.01. The van der Waals surface area contributed by atoms with Crippen LogP contribution in [0.4, 0.5) is 0 Å². The minimum absolute atomic E-state index is 0.0636. The SMILES string of the molecule is COCCN1CCN(Cc2nsc(C(=O)O)n2)CC1. The van der Waals surface area contributed by atoms with Crippen molar-refractivity contribution in [1.82, 2.24) is 19.2 Å². The van der Waals surface area contributed by atoms with Crippen molar-refractivity contribution < 1.29 is 14.6 Å². The molecule has 8 heteroatoms. The van der Waals surface area contributed by atoms with Crippen molar-refractivity contribution >= 4 is 17.5 Å². The minimum Gasteiger partial charge on any atom is -0.476 e. The Kier molecular flexibility index (Phi) is 5.20. The van der Waals surface area contributed by atoms with Crippen LogP contribution in [0.15, 0.2) is 0 Å². The van der Waals surface area contributed by atoms with Crippen LogP contribution in [0.3, 0.4) is 0 Å². The first kappa shape index (κ1) is 14.3. The second-order valence-corrected chi connectivity index (χ2v) is 5.18. The lowest BCUT2D eigenvalue weighted by Gasteiger charge is -2.33. The van der Waals surface area contributed by atoms with Gasteiger partial charge in [-0.05, 0) is 11.5 Å². The van der Waals surface area contributed by atoms with Crippen LogP contribution in [0.25, 0.3) is 0 Å². The Labute approximate surface area is 116 Å². The first-order valence-corrected chi connectivity index (χ1v) is 6.96. The predicted octanol–water partition coefficient (Wildman–Crippen LogP) is 0.000300. The molecule has 1 aliphatic rings. The van der Waals surface area contributed by atoms with Crippen LogP contribution >= 0.6 is 11.5 Å². The van der Waals surface area contributed by atoms with Crippen LogP contribution in [0.1, 0.15) is 15.6 Å². The molecule has 1 saturated heterocycles. The summed E-state index contributed by atoms with van der Waals surface area (Å²) in [5.41, 5.74) is 0. The molecule has 0 radical (unpaired) electrons. The van der Waals surface area contributed by atoms with Crippen molar-refractivity contribution in [2.75, 3.05) is 46.4 Å². The zero-order valence-corrected chi connectivity index (χ0v) is 11.7. The average Bonchev–Trinajstić information content (AvgIpc) is 2.87. The molecule has 0 aromatic carbocycles. The Morgan fingerprint density at radius 2 is 2.05 bits per heavy atom. The number of aromatic carboxylic acids is 1. The van der Waals surface area contributed by atoms with E-state index in [0.717, 1.165) is 50.9 Å². The number of aromatic nitrogens is 2. The molecule has 1 aromatic heterocycles. The second kappa shape index (κ2) is 6.90. The molecule has 1 aromatic rings. The summed E-state index contributed by atoms with van der Waals surface area (Å²) in [7, 11) is 1.71. The quantitative estimate of drug-likeness (QED) is 0.788. The van der Waals surface area contributed by atoms with Crippen molar-refractivity contribution in [3.63, 3.8) is 0 Å². The van der Waals surface area contributed by atoms with Gasteiger partial charge in [0, 0.05) is 39.8 Å². The summed E-state index contributed by atoms with van der Waals surface area (Å²) in [6, 6.07) is 0. The lowest BCUT2D eigenvalue weighted by Crippen LogP contribution is -2.46. The van der Waals surface area contributed by atoms with Gasteiger partial charge in [-0.1, -0.05) is 0 Å². The molecule has 1 N–H and O–H groups in total. The number of rotatable bonds is 6. The maximum absolute atomic E-state index is 10.7. The van der Waals surface area contributed by atoms with Gasteiger partial charge in [0.15, 0.2) is 5.82 Å². The van der Waals surface area contributed by atoms with Crippen molar-refractivity contribution in [3.05, 3.63) is 10.8 Å². The van der Waals surface area contributed by atoms with E-state index in [2.05, 4.69) is 19.2 Å². The fourth-order valence-electron chi connectivity index (χ4n) is 2.00. The zero-order chi connectivity index (χ0) is 13.7. The normalized spacial score (nSPS) is 17.7. The summed E-state index contributed by atoms with van der Waals surface area (Å²) in [5.74, 6) is -0.402. The molecular weight excluding hydrogens is 268 g/mol. The number of methoxy groups -OCH3 is 1. The fourth-order valence-corrected chi connectivity index (χ4v) is 2.51. The highest BCUT2D eigenvalue weighted by atomic mass is 32.1. The molecule has 0 saturated carbocycles. The molecule has 1 aliphatic heterocycles. The largest absolute Gasteiger partial charge is 0.476 e. The average molecular weight is 286 g/mol. The van der Waals surface area contributed by atoms with E-state index in [-0.39, 0.29) is 5.01 Å². The van der Waals surface area contributed by atoms with E-state index in [9.17, 15) is 4.79 Å². The number of carboxylic acid groups (broad SMARTS) is 1. The number of ether oxygens (including phenoxy) is 1. The van der Waals surface area contributed by atoms with Gasteiger partial charge in [0.05, 0.1) is 13.2 Å². The van der Waals surface area contributed by atoms with Gasteiger partial charge in [0.2, 0.25) is 5.01 Å². The molecule has 19 heavy (non-hydrogen) atoms. The molecule has 0 atom stereocenters. The van der Waals surface area contributed by atoms with Gasteiger partial charge in [-0.3, -0.25) is 9.80 Å². The Hall–Kier alpha value is -1.09. The topological polar surface area (TPSA) is 78.8 Å². The number of piperazine rings is 1. The molecule has 1 fully saturated rings. The smallest absolute Gasteiger partial charge is 0.366 e. The van der Waals surface area contributed by atoms with Crippen molar-refractivity contribution in [2.24, 2.45) is 0 Å². The van der Waals surface area contributed by atoms with Crippen molar-refractivity contribution in [3.8, 4) is 0 Å². The van der Waals surface area contributed by atoms with E-state index in [1.807, 2.05) is 0 Å². The van der Waals surface area contributed by atoms with E-state index in [1.54, 1.807) is 7.11 Å². The highest BCUT2D eigenvalue weighted by Crippen LogP contribution is 2.09. The molecule has 2 heterocycles. The number of nitrogens with zero attached hydrogens (tertiary/aromatic N) is 4. The summed E-state index contributed by atoms with van der Waals surface area (Å²) in [4.78, 5) is 19.3. The first-order valence-electron chi connectivity index (χ1n) is 6.18. The van der Waals surface area contributed by atoms with Crippen LogP contribution in [0, 0.1) is 0 Å². The summed E-state index contributed by atoms with van der Waals surface area (Å²) in [6.45, 7) is 6.25. The highest BCUT2D eigenvalue weighted by Gasteiger charge is 2.19. The molecule has 106 valence electrons. The third-order valence-corrected chi connectivity index (χ3v) is 3.83. The Balaban J connectivity index is 1.77. The molecule has 0 amide bonds. The van der Waals surface area contributed by atoms with Crippen LogP contribution in [0.2, 0.25) is 0 Å². The van der Waals surface area contributed by atoms with E-state index in [0.29, 0.717) is 12.4 Å². The van der Waals surface area contributed by atoms with E-state index in [1.165, 1.54) is 0 Å². The van der Waals surface area contributed by atoms with Crippen molar-refractivity contribution in [2.45, 2.75) is 6.54 Å². The van der Waals surface area contributed by atoms with E-state index in [4.69, 9.17) is 9.84 Å². The summed E-state index contributed by atoms with van der Waals surface area (Å²) in [6.07, 6.45) is 0. The zero-order valence-electron chi connectivity index (χ0n) is 10.9. The van der Waals surface area contributed by atoms with Crippen LogP contribution in [-0.2, 0) is 11.3 Å². The van der Waals surface area contributed by atoms with Gasteiger partial charge in [-0.15, -0.1) is 0 Å². The maximum Gasteiger partial charge on any atom is 0.366 e. The summed E-state index contributed by atoms with van der Waals surface area (Å²) < 4.78 is 9.14. The molecule has 0 bridgehead atoms. The number of hydrogen-bond donors (Lipinski definition) is 1. The van der Waals surface area contributed by atoms with E-state index >= 15 is 0 Å². The van der Waals surface area contributed by atoms with Gasteiger partial charge in [-0.25, -0.2) is 9.78 Å². The van der Waals surface area contributed by atoms with Gasteiger partial charge < -0.3 is 9.84 Å². The second-order valence-electron chi connectivity index (χ2n) is 4.43. The molecule has 7 nitrogen and oxygen atoms in total. The molecular formula is C11H18N4O3S. The van der Waals surface area contributed by atoms with Gasteiger partial charge in [0.25, 0.3) is 0 Å². The number of carbonyl (C=O) groups is 1. The third kappa shape index (κ3) is 4.20. The van der Waals surface area contributed by atoms with E-state index < -0.39 is 5.97 Å². The molecule has 0 aliphatic carbocycles. The first-order chi connectivity index (χ1) is 9.19. The molecule has 0 unspecified atom stereocenters. The lowest BCUT2D eigenvalue weighted by atomic mass is 10.3. The molecule has 0 spiro atoms. The molecule has 2 rings (SSSR count). The highest BCUT2D eigenvalue weighted by molar-refractivity contribution is 7.07. The van der Waals surface area contributed by atoms with Gasteiger partial charge in [0.1, 0.15) is 0 Å². The predicted molar refractivity (Wildman–Crippen MR) is 70.5 cm³/mol. The van der Waals surface area contributed by atoms with Gasteiger partial charge >= 0.3 is 5.97 Å². The Morgan fingerprint density at radius 1 is 1.37 bits per heavy atom. The fraction of sp³-hybridized carbons (Fsp3) is 0.727.